The lowest BCUT2D eigenvalue weighted by Gasteiger charge is -2.11. The van der Waals surface area contributed by atoms with E-state index in [1.54, 1.807) is 0 Å². The Bertz CT molecular complexity index is 853. The molecule has 1 aliphatic rings. The van der Waals surface area contributed by atoms with Crippen LogP contribution in [0.4, 0.5) is 14.5 Å². The van der Waals surface area contributed by atoms with Gasteiger partial charge in [0.25, 0.3) is 0 Å². The Morgan fingerprint density at radius 2 is 1.81 bits per heavy atom. The number of halogens is 2. The zero-order valence-corrected chi connectivity index (χ0v) is 13.9. The summed E-state index contributed by atoms with van der Waals surface area (Å²) in [6, 6.07) is 12.7. The Hall–Kier alpha value is -3.09. The number of hydrogen-bond donors (Lipinski definition) is 1. The second kappa shape index (κ2) is 7.86. The highest BCUT2D eigenvalue weighted by atomic mass is 19.2. The number of benzene rings is 2. The van der Waals surface area contributed by atoms with Crippen LogP contribution in [0.15, 0.2) is 53.6 Å². The fraction of sp³-hybridized carbons (Fsp3) is 0.211. The number of carbonyl (C=O) groups is 2. The number of anilines is 1. The molecular weight excluding hydrogens is 340 g/mol. The highest BCUT2D eigenvalue weighted by Crippen LogP contribution is 2.16. The normalized spacial score (nSPS) is 13.5. The van der Waals surface area contributed by atoms with Crippen molar-refractivity contribution in [3.05, 3.63) is 65.7 Å². The van der Waals surface area contributed by atoms with Crippen molar-refractivity contribution in [1.29, 1.82) is 0 Å². The van der Waals surface area contributed by atoms with Crippen LogP contribution in [0.25, 0.3) is 0 Å². The van der Waals surface area contributed by atoms with E-state index >= 15 is 0 Å². The van der Waals surface area contributed by atoms with E-state index in [-0.39, 0.29) is 24.4 Å². The number of amides is 2. The van der Waals surface area contributed by atoms with Crippen molar-refractivity contribution < 1.29 is 18.4 Å². The number of hydrogen-bond acceptors (Lipinski definition) is 3. The highest BCUT2D eigenvalue weighted by Gasteiger charge is 2.21. The van der Waals surface area contributed by atoms with Gasteiger partial charge in [-0.05, 0) is 17.7 Å². The Labute approximate surface area is 149 Å². The Morgan fingerprint density at radius 1 is 1.04 bits per heavy atom. The molecule has 1 heterocycles. The molecule has 2 aromatic carbocycles. The average molecular weight is 357 g/mol. The molecule has 134 valence electrons. The molecule has 2 aromatic rings. The third-order valence-electron chi connectivity index (χ3n) is 3.97. The van der Waals surface area contributed by atoms with E-state index < -0.39 is 17.5 Å². The second-order valence-corrected chi connectivity index (χ2v) is 5.86. The maximum atomic E-state index is 13.1. The zero-order chi connectivity index (χ0) is 18.5. The molecule has 3 rings (SSSR count). The van der Waals surface area contributed by atoms with E-state index in [2.05, 4.69) is 10.4 Å². The molecule has 7 heteroatoms. The molecule has 0 unspecified atom stereocenters. The number of rotatable bonds is 5. The first kappa shape index (κ1) is 17.7. The van der Waals surface area contributed by atoms with E-state index in [4.69, 9.17) is 0 Å². The van der Waals surface area contributed by atoms with Gasteiger partial charge in [0.1, 0.15) is 0 Å². The summed E-state index contributed by atoms with van der Waals surface area (Å²) in [5, 5.41) is 8.13. The third kappa shape index (κ3) is 4.30. The van der Waals surface area contributed by atoms with Crippen LogP contribution in [0, 0.1) is 11.6 Å². The maximum Gasteiger partial charge on any atom is 0.243 e. The van der Waals surface area contributed by atoms with Crippen molar-refractivity contribution in [2.45, 2.75) is 19.3 Å². The average Bonchev–Trinajstić information content (AvgIpc) is 3.14. The van der Waals surface area contributed by atoms with Crippen LogP contribution in [0.2, 0.25) is 0 Å². The summed E-state index contributed by atoms with van der Waals surface area (Å²) in [4.78, 5) is 24.1. The summed E-state index contributed by atoms with van der Waals surface area (Å²) >= 11 is 0. The molecule has 0 fully saturated rings. The fourth-order valence-corrected chi connectivity index (χ4v) is 2.62. The zero-order valence-electron chi connectivity index (χ0n) is 13.9. The largest absolute Gasteiger partial charge is 0.326 e. The SMILES string of the molecule is O=C(CCC(=O)N1CCC(c2ccccc2)=N1)Nc1ccc(F)c(F)c1. The minimum atomic E-state index is -1.04. The first-order valence-corrected chi connectivity index (χ1v) is 8.21. The number of carbonyl (C=O) groups excluding carboxylic acids is 2. The van der Waals surface area contributed by atoms with Crippen molar-refractivity contribution in [1.82, 2.24) is 5.01 Å². The molecule has 1 aliphatic heterocycles. The van der Waals surface area contributed by atoms with E-state index in [9.17, 15) is 18.4 Å². The van der Waals surface area contributed by atoms with E-state index in [0.29, 0.717) is 13.0 Å². The molecule has 5 nitrogen and oxygen atoms in total. The van der Waals surface area contributed by atoms with Crippen LogP contribution >= 0.6 is 0 Å². The predicted molar refractivity (Wildman–Crippen MR) is 93.5 cm³/mol. The minimum absolute atomic E-state index is 0.0128. The van der Waals surface area contributed by atoms with E-state index in [1.165, 1.54) is 11.1 Å². The van der Waals surface area contributed by atoms with Crippen molar-refractivity contribution in [3.8, 4) is 0 Å². The van der Waals surface area contributed by atoms with Gasteiger partial charge in [0, 0.05) is 31.0 Å². The Balaban J connectivity index is 1.51. The molecule has 0 spiro atoms. The third-order valence-corrected chi connectivity index (χ3v) is 3.97. The molecule has 2 amide bonds. The quantitative estimate of drug-likeness (QED) is 0.892. The number of hydrazone groups is 1. The summed E-state index contributed by atoms with van der Waals surface area (Å²) in [7, 11) is 0. The molecule has 0 saturated carbocycles. The van der Waals surface area contributed by atoms with E-state index in [1.807, 2.05) is 30.3 Å². The van der Waals surface area contributed by atoms with Gasteiger partial charge in [-0.1, -0.05) is 30.3 Å². The molecule has 0 aliphatic carbocycles. The Kier molecular flexibility index (Phi) is 5.36. The van der Waals surface area contributed by atoms with Gasteiger partial charge < -0.3 is 5.32 Å². The lowest BCUT2D eigenvalue weighted by Crippen LogP contribution is -2.25. The summed E-state index contributed by atoms with van der Waals surface area (Å²) in [6.45, 7) is 0.480. The summed E-state index contributed by atoms with van der Waals surface area (Å²) in [5.41, 5.74) is 1.95. The fourth-order valence-electron chi connectivity index (χ4n) is 2.62. The van der Waals surface area contributed by atoms with Crippen molar-refractivity contribution in [2.75, 3.05) is 11.9 Å². The smallest absolute Gasteiger partial charge is 0.243 e. The van der Waals surface area contributed by atoms with Gasteiger partial charge in [0.2, 0.25) is 11.8 Å². The molecular formula is C19H17F2N3O2. The van der Waals surface area contributed by atoms with Gasteiger partial charge in [-0.2, -0.15) is 5.10 Å². The molecule has 0 atom stereocenters. The first-order valence-electron chi connectivity index (χ1n) is 8.21. The molecule has 26 heavy (non-hydrogen) atoms. The predicted octanol–water partition coefficient (Wildman–Crippen LogP) is 3.32. The monoisotopic (exact) mass is 357 g/mol. The van der Waals surface area contributed by atoms with Gasteiger partial charge in [-0.15, -0.1) is 0 Å². The van der Waals surface area contributed by atoms with Gasteiger partial charge in [-0.3, -0.25) is 9.59 Å². The van der Waals surface area contributed by atoms with Crippen molar-refractivity contribution in [3.63, 3.8) is 0 Å². The van der Waals surface area contributed by atoms with Crippen LogP contribution in [0.3, 0.4) is 0 Å². The van der Waals surface area contributed by atoms with Gasteiger partial charge in [-0.25, -0.2) is 13.8 Å². The molecule has 0 aromatic heterocycles. The number of nitrogens with zero attached hydrogens (tertiary/aromatic N) is 2. The highest BCUT2D eigenvalue weighted by molar-refractivity contribution is 6.02. The van der Waals surface area contributed by atoms with Gasteiger partial charge >= 0.3 is 0 Å². The van der Waals surface area contributed by atoms with E-state index in [0.717, 1.165) is 23.4 Å². The molecule has 0 radical (unpaired) electrons. The van der Waals surface area contributed by atoms with Gasteiger partial charge in [0.15, 0.2) is 11.6 Å². The van der Waals surface area contributed by atoms with Crippen LogP contribution in [0.5, 0.6) is 0 Å². The van der Waals surface area contributed by atoms with Crippen LogP contribution in [-0.2, 0) is 9.59 Å². The lowest BCUT2D eigenvalue weighted by molar-refractivity contribution is -0.132. The summed E-state index contributed by atoms with van der Waals surface area (Å²) in [5.74, 6) is -2.73. The lowest BCUT2D eigenvalue weighted by atomic mass is 10.1. The first-order chi connectivity index (χ1) is 12.5. The van der Waals surface area contributed by atoms with Crippen LogP contribution in [-0.4, -0.2) is 29.1 Å². The van der Waals surface area contributed by atoms with Crippen LogP contribution < -0.4 is 5.32 Å². The minimum Gasteiger partial charge on any atom is -0.326 e. The standard InChI is InChI=1S/C19H17F2N3O2/c20-15-7-6-14(12-16(15)21)22-18(25)8-9-19(26)24-11-10-17(23-24)13-4-2-1-3-5-13/h1-7,12H,8-11H2,(H,22,25). The van der Waals surface area contributed by atoms with Gasteiger partial charge in [0.05, 0.1) is 12.3 Å². The molecule has 1 N–H and O–H groups in total. The topological polar surface area (TPSA) is 61.8 Å². The number of nitrogens with one attached hydrogen (secondary N) is 1. The maximum absolute atomic E-state index is 13.1. The van der Waals surface area contributed by atoms with Crippen molar-refractivity contribution >= 4 is 23.2 Å². The summed E-state index contributed by atoms with van der Waals surface area (Å²) < 4.78 is 26.0. The second-order valence-electron chi connectivity index (χ2n) is 5.86. The summed E-state index contributed by atoms with van der Waals surface area (Å²) in [6.07, 6.45) is 0.586. The Morgan fingerprint density at radius 3 is 2.54 bits per heavy atom. The molecule has 0 saturated heterocycles. The molecule has 0 bridgehead atoms. The van der Waals surface area contributed by atoms with Crippen molar-refractivity contribution in [2.24, 2.45) is 5.10 Å². The van der Waals surface area contributed by atoms with Crippen LogP contribution in [0.1, 0.15) is 24.8 Å².